The molecule has 4 aliphatic carbocycles. The van der Waals surface area contributed by atoms with Crippen LogP contribution in [-0.4, -0.2) is 97.1 Å². The van der Waals surface area contributed by atoms with E-state index in [9.17, 15) is 0 Å². The minimum absolute atomic E-state index is 0.243. The summed E-state index contributed by atoms with van der Waals surface area (Å²) in [6.07, 6.45) is 42.7. The van der Waals surface area contributed by atoms with E-state index in [1.807, 2.05) is 0 Å². The minimum atomic E-state index is 0.243. The first kappa shape index (κ1) is 35.8. The van der Waals surface area contributed by atoms with E-state index in [4.69, 9.17) is 20.0 Å². The molecule has 4 aliphatic rings. The second-order valence-electron chi connectivity index (χ2n) is 11.3. The van der Waals surface area contributed by atoms with Crippen molar-refractivity contribution in [1.29, 1.82) is 0 Å². The predicted octanol–water partition coefficient (Wildman–Crippen LogP) is 8.16. The summed E-state index contributed by atoms with van der Waals surface area (Å²) in [6.45, 7) is 3.51. The Morgan fingerprint density at radius 1 is 0.378 bits per heavy atom. The zero-order valence-corrected chi connectivity index (χ0v) is 29.5. The van der Waals surface area contributed by atoms with Crippen LogP contribution in [0.5, 0.6) is 0 Å². The molecule has 0 unspecified atom stereocenters. The number of hydrogen-bond donors (Lipinski definition) is 0. The van der Waals surface area contributed by atoms with Gasteiger partial charge in [0.25, 0.3) is 0 Å². The van der Waals surface area contributed by atoms with Crippen LogP contribution in [0.2, 0.25) is 0 Å². The van der Waals surface area contributed by atoms with Gasteiger partial charge in [0, 0.05) is 126 Å². The molecule has 0 atom stereocenters. The Bertz CT molecular complexity index is 983. The van der Waals surface area contributed by atoms with Crippen molar-refractivity contribution in [1.82, 2.24) is 0 Å². The highest BCUT2D eigenvalue weighted by Gasteiger charge is 2.30. The molecule has 0 amide bonds. The van der Waals surface area contributed by atoms with Crippen molar-refractivity contribution in [2.45, 2.75) is 0 Å². The topological polar surface area (TPSA) is 49.4 Å². The molecule has 0 aromatic rings. The van der Waals surface area contributed by atoms with Crippen molar-refractivity contribution < 1.29 is 0 Å². The quantitative estimate of drug-likeness (QED) is 0.0765. The fourth-order valence-electron chi connectivity index (χ4n) is 4.85. The van der Waals surface area contributed by atoms with E-state index in [1.165, 1.54) is 0 Å². The third-order valence-corrected chi connectivity index (χ3v) is 12.5. The van der Waals surface area contributed by atoms with Gasteiger partial charge in [0.2, 0.25) is 0 Å². The highest BCUT2D eigenvalue weighted by atomic mass is 32.2. The van der Waals surface area contributed by atoms with Gasteiger partial charge >= 0.3 is 0 Å². The average Bonchev–Trinajstić information content (AvgIpc) is 3.89. The van der Waals surface area contributed by atoms with Crippen molar-refractivity contribution in [2.24, 2.45) is 49.1 Å². The summed E-state index contributed by atoms with van der Waals surface area (Å²) in [6, 6.07) is 0. The van der Waals surface area contributed by atoms with Gasteiger partial charge in [-0.3, -0.25) is 20.0 Å². The highest BCUT2D eigenvalue weighted by molar-refractivity contribution is 8.02. The molecular formula is C37H48N4S4. The lowest BCUT2D eigenvalue weighted by Crippen LogP contribution is -2.34. The normalized spacial score (nSPS) is 19.7. The van der Waals surface area contributed by atoms with Gasteiger partial charge in [-0.2, -0.15) is 47.0 Å². The van der Waals surface area contributed by atoms with Gasteiger partial charge in [-0.25, -0.2) is 0 Å². The standard InChI is InChI=1S/C37H48N4S4/c1-2-10-33(9-1)25-38-17-21-42-29-37(30-43-22-18-39-26-34-11-3-4-12-34,31-44-23-19-40-27-35-13-5-6-14-35)32-45-24-20-41-28-36-15-7-8-16-36/h1-16,25-28,33-36H,17-24,29-32H2. The number of rotatable bonds is 24. The summed E-state index contributed by atoms with van der Waals surface area (Å²) in [5.74, 6) is 10.3. The van der Waals surface area contributed by atoms with E-state index in [0.717, 1.165) is 72.2 Å². The maximum atomic E-state index is 4.72. The Labute approximate surface area is 288 Å². The largest absolute Gasteiger partial charge is 0.296 e. The molecule has 0 aliphatic heterocycles. The summed E-state index contributed by atoms with van der Waals surface area (Å²) in [5, 5.41) is 0. The number of aliphatic imine (C=N–C) groups is 4. The number of nitrogens with zero attached hydrogens (tertiary/aromatic N) is 4. The SMILES string of the molecule is C1=CC(C=NCCSCC(CSCCN=CC2C=CC=C2)(CSCCN=CC2C=CC=C2)CSCCN=CC2C=CC=C2)C=C1. The van der Waals surface area contributed by atoms with Crippen LogP contribution in [0.1, 0.15) is 0 Å². The van der Waals surface area contributed by atoms with E-state index in [-0.39, 0.29) is 5.41 Å². The van der Waals surface area contributed by atoms with Gasteiger partial charge in [0.15, 0.2) is 0 Å². The molecule has 0 saturated carbocycles. The minimum Gasteiger partial charge on any atom is -0.296 e. The van der Waals surface area contributed by atoms with E-state index >= 15 is 0 Å². The van der Waals surface area contributed by atoms with Crippen LogP contribution < -0.4 is 0 Å². The zero-order chi connectivity index (χ0) is 31.1. The van der Waals surface area contributed by atoms with Gasteiger partial charge in [0.05, 0.1) is 0 Å². The number of thioether (sulfide) groups is 4. The Balaban J connectivity index is 1.28. The lowest BCUT2D eigenvalue weighted by Gasteiger charge is -2.33. The van der Waals surface area contributed by atoms with Crippen molar-refractivity contribution in [2.75, 3.05) is 72.2 Å². The lowest BCUT2D eigenvalue weighted by molar-refractivity contribution is 0.515. The molecule has 8 heteroatoms. The smallest absolute Gasteiger partial charge is 0.0476 e. The van der Waals surface area contributed by atoms with Gasteiger partial charge in [-0.1, -0.05) is 97.2 Å². The predicted molar refractivity (Wildman–Crippen MR) is 212 cm³/mol. The van der Waals surface area contributed by atoms with Crippen LogP contribution >= 0.6 is 47.0 Å². The van der Waals surface area contributed by atoms with Gasteiger partial charge in [0.1, 0.15) is 0 Å². The third kappa shape index (κ3) is 15.4. The van der Waals surface area contributed by atoms with Gasteiger partial charge in [-0.15, -0.1) is 0 Å². The van der Waals surface area contributed by atoms with Crippen molar-refractivity contribution >= 4 is 71.9 Å². The fraction of sp³-hybridized carbons (Fsp3) is 0.459. The van der Waals surface area contributed by atoms with Gasteiger partial charge in [-0.05, 0) is 0 Å². The molecule has 4 rings (SSSR count). The Kier molecular flexibility index (Phi) is 17.9. The fourth-order valence-corrected chi connectivity index (χ4v) is 10.1. The lowest BCUT2D eigenvalue weighted by atomic mass is 9.99. The van der Waals surface area contributed by atoms with Crippen LogP contribution in [0.4, 0.5) is 0 Å². The first-order valence-corrected chi connectivity index (χ1v) is 20.6. The summed E-state index contributed by atoms with van der Waals surface area (Å²) in [4.78, 5) is 18.9. The Morgan fingerprint density at radius 3 is 0.822 bits per heavy atom. The maximum absolute atomic E-state index is 4.72. The van der Waals surface area contributed by atoms with Crippen LogP contribution in [0.3, 0.4) is 0 Å². The van der Waals surface area contributed by atoms with E-state index in [1.54, 1.807) is 0 Å². The molecule has 0 heterocycles. The average molecular weight is 677 g/mol. The second kappa shape index (κ2) is 22.5. The first-order chi connectivity index (χ1) is 22.3. The summed E-state index contributed by atoms with van der Waals surface area (Å²) < 4.78 is 0. The first-order valence-electron chi connectivity index (χ1n) is 16.0. The second-order valence-corrected chi connectivity index (χ2v) is 15.7. The van der Waals surface area contributed by atoms with Crippen LogP contribution in [-0.2, 0) is 0 Å². The number of hydrogen-bond acceptors (Lipinski definition) is 8. The van der Waals surface area contributed by atoms with E-state index in [0.29, 0.717) is 23.7 Å². The molecular weight excluding hydrogens is 629 g/mol. The molecule has 0 spiro atoms. The van der Waals surface area contributed by atoms with Crippen molar-refractivity contribution in [3.63, 3.8) is 0 Å². The molecule has 0 N–H and O–H groups in total. The molecule has 0 radical (unpaired) electrons. The maximum Gasteiger partial charge on any atom is 0.0476 e. The summed E-state index contributed by atoms with van der Waals surface area (Å²) in [7, 11) is 0. The van der Waals surface area contributed by atoms with E-state index < -0.39 is 0 Å². The molecule has 0 aromatic heterocycles. The Hall–Kier alpha value is -2.00. The summed E-state index contributed by atoms with van der Waals surface area (Å²) in [5.41, 5.74) is 0.243. The molecule has 0 aromatic carbocycles. The zero-order valence-electron chi connectivity index (χ0n) is 26.3. The molecule has 0 fully saturated rings. The molecule has 4 nitrogen and oxygen atoms in total. The molecule has 0 saturated heterocycles. The monoisotopic (exact) mass is 676 g/mol. The van der Waals surface area contributed by atoms with Crippen LogP contribution in [0, 0.1) is 29.1 Å². The van der Waals surface area contributed by atoms with Crippen molar-refractivity contribution in [3.05, 3.63) is 97.2 Å². The number of allylic oxidation sites excluding steroid dienone is 16. The van der Waals surface area contributed by atoms with Crippen LogP contribution in [0.15, 0.2) is 117 Å². The summed E-state index contributed by atoms with van der Waals surface area (Å²) >= 11 is 8.30. The highest BCUT2D eigenvalue weighted by Crippen LogP contribution is 2.35. The molecule has 0 bridgehead atoms. The van der Waals surface area contributed by atoms with Gasteiger partial charge < -0.3 is 0 Å². The van der Waals surface area contributed by atoms with E-state index in [2.05, 4.69) is 169 Å². The van der Waals surface area contributed by atoms with Crippen LogP contribution in [0.25, 0.3) is 0 Å². The third-order valence-electron chi connectivity index (χ3n) is 7.31. The molecule has 45 heavy (non-hydrogen) atoms. The van der Waals surface area contributed by atoms with Crippen molar-refractivity contribution in [3.8, 4) is 0 Å². The molecule has 240 valence electrons. The Morgan fingerprint density at radius 2 is 0.600 bits per heavy atom.